The van der Waals surface area contributed by atoms with Crippen LogP contribution in [0.25, 0.3) is 0 Å². The molecule has 0 saturated carbocycles. The third-order valence-corrected chi connectivity index (χ3v) is 5.50. The van der Waals surface area contributed by atoms with Crippen molar-refractivity contribution in [3.8, 4) is 0 Å². The number of hydrogen-bond donors (Lipinski definition) is 2. The van der Waals surface area contributed by atoms with Crippen molar-refractivity contribution < 1.29 is 26.4 Å². The minimum atomic E-state index is -3.77. The SMILES string of the molecule is COCCNC(=O)CN(CCc1ccc(S(N)(=O)=O)cc1)S(C)(=O)=O. The van der Waals surface area contributed by atoms with Gasteiger partial charge in [-0.25, -0.2) is 22.0 Å². The number of rotatable bonds is 10. The number of hydrogen-bond acceptors (Lipinski definition) is 6. The summed E-state index contributed by atoms with van der Waals surface area (Å²) in [6, 6.07) is 5.82. The molecule has 0 radical (unpaired) electrons. The highest BCUT2D eigenvalue weighted by Crippen LogP contribution is 2.10. The summed E-state index contributed by atoms with van der Waals surface area (Å²) in [5.41, 5.74) is 0.723. The van der Waals surface area contributed by atoms with Crippen molar-refractivity contribution >= 4 is 26.0 Å². The number of carbonyl (C=O) groups is 1. The van der Waals surface area contributed by atoms with Crippen LogP contribution in [0.2, 0.25) is 0 Å². The maximum Gasteiger partial charge on any atom is 0.238 e. The predicted molar refractivity (Wildman–Crippen MR) is 92.8 cm³/mol. The summed E-state index contributed by atoms with van der Waals surface area (Å²) in [6.07, 6.45) is 1.35. The molecule has 3 N–H and O–H groups in total. The Morgan fingerprint density at radius 2 is 1.80 bits per heavy atom. The number of benzene rings is 1. The van der Waals surface area contributed by atoms with Gasteiger partial charge in [-0.2, -0.15) is 4.31 Å². The molecule has 1 aromatic carbocycles. The van der Waals surface area contributed by atoms with Crippen molar-refractivity contribution in [1.29, 1.82) is 0 Å². The lowest BCUT2D eigenvalue weighted by atomic mass is 10.1. The van der Waals surface area contributed by atoms with Gasteiger partial charge in [-0.1, -0.05) is 12.1 Å². The van der Waals surface area contributed by atoms with E-state index in [1.807, 2.05) is 0 Å². The lowest BCUT2D eigenvalue weighted by molar-refractivity contribution is -0.121. The second kappa shape index (κ2) is 9.25. The average molecular weight is 393 g/mol. The largest absolute Gasteiger partial charge is 0.383 e. The summed E-state index contributed by atoms with van der Waals surface area (Å²) >= 11 is 0. The Hall–Kier alpha value is -1.53. The van der Waals surface area contributed by atoms with E-state index < -0.39 is 26.0 Å². The molecule has 0 aliphatic heterocycles. The van der Waals surface area contributed by atoms with E-state index in [2.05, 4.69) is 5.32 Å². The smallest absolute Gasteiger partial charge is 0.238 e. The number of nitrogens with zero attached hydrogens (tertiary/aromatic N) is 1. The number of ether oxygens (including phenoxy) is 1. The molecular formula is C14H23N3O6S2. The monoisotopic (exact) mass is 393 g/mol. The van der Waals surface area contributed by atoms with Crippen molar-refractivity contribution in [2.75, 3.05) is 39.6 Å². The Labute approximate surface area is 148 Å². The molecule has 0 unspecified atom stereocenters. The number of nitrogens with one attached hydrogen (secondary N) is 1. The van der Waals surface area contributed by atoms with Gasteiger partial charge in [0.1, 0.15) is 0 Å². The van der Waals surface area contributed by atoms with E-state index >= 15 is 0 Å². The van der Waals surface area contributed by atoms with E-state index in [-0.39, 0.29) is 18.0 Å². The highest BCUT2D eigenvalue weighted by Gasteiger charge is 2.20. The Morgan fingerprint density at radius 3 is 2.28 bits per heavy atom. The number of sulfonamides is 2. The highest BCUT2D eigenvalue weighted by molar-refractivity contribution is 7.89. The molecule has 0 saturated heterocycles. The zero-order valence-corrected chi connectivity index (χ0v) is 15.8. The van der Waals surface area contributed by atoms with Crippen molar-refractivity contribution in [3.63, 3.8) is 0 Å². The minimum absolute atomic E-state index is 0.0197. The van der Waals surface area contributed by atoms with Gasteiger partial charge in [0.15, 0.2) is 0 Å². The van der Waals surface area contributed by atoms with Gasteiger partial charge in [0.2, 0.25) is 26.0 Å². The molecule has 142 valence electrons. The summed E-state index contributed by atoms with van der Waals surface area (Å²) < 4.78 is 51.9. The van der Waals surface area contributed by atoms with Crippen molar-refractivity contribution in [3.05, 3.63) is 29.8 Å². The van der Waals surface area contributed by atoms with Crippen LogP contribution in [0.5, 0.6) is 0 Å². The fourth-order valence-corrected chi connectivity index (χ4v) is 3.26. The zero-order chi connectivity index (χ0) is 19.1. The van der Waals surface area contributed by atoms with Crippen LogP contribution < -0.4 is 10.5 Å². The molecule has 11 heteroatoms. The molecular weight excluding hydrogens is 370 g/mol. The third kappa shape index (κ3) is 7.92. The molecule has 0 spiro atoms. The molecule has 1 aromatic rings. The number of methoxy groups -OCH3 is 1. The van der Waals surface area contributed by atoms with E-state index in [0.717, 1.165) is 16.1 Å². The molecule has 0 aliphatic rings. The lowest BCUT2D eigenvalue weighted by Gasteiger charge is -2.19. The first kappa shape index (κ1) is 21.5. The maximum absolute atomic E-state index is 11.8. The van der Waals surface area contributed by atoms with E-state index in [0.29, 0.717) is 19.6 Å². The number of amides is 1. The Morgan fingerprint density at radius 1 is 1.20 bits per heavy atom. The van der Waals surface area contributed by atoms with Crippen LogP contribution in [-0.2, 0) is 36.0 Å². The first-order chi connectivity index (χ1) is 11.5. The summed E-state index contributed by atoms with van der Waals surface area (Å²) in [7, 11) is -5.84. The maximum atomic E-state index is 11.8. The van der Waals surface area contributed by atoms with E-state index in [4.69, 9.17) is 9.88 Å². The fourth-order valence-electron chi connectivity index (χ4n) is 1.97. The molecule has 0 heterocycles. The lowest BCUT2D eigenvalue weighted by Crippen LogP contribution is -2.42. The van der Waals surface area contributed by atoms with Crippen LogP contribution in [-0.4, -0.2) is 66.7 Å². The molecule has 0 bridgehead atoms. The van der Waals surface area contributed by atoms with Gasteiger partial charge in [-0.05, 0) is 24.1 Å². The van der Waals surface area contributed by atoms with Gasteiger partial charge >= 0.3 is 0 Å². The van der Waals surface area contributed by atoms with Crippen LogP contribution in [0, 0.1) is 0 Å². The van der Waals surface area contributed by atoms with Gasteiger partial charge in [-0.3, -0.25) is 4.79 Å². The van der Waals surface area contributed by atoms with Crippen LogP contribution in [0.1, 0.15) is 5.56 Å². The molecule has 25 heavy (non-hydrogen) atoms. The van der Waals surface area contributed by atoms with Crippen molar-refractivity contribution in [1.82, 2.24) is 9.62 Å². The van der Waals surface area contributed by atoms with E-state index in [1.54, 1.807) is 12.1 Å². The zero-order valence-electron chi connectivity index (χ0n) is 14.1. The first-order valence-corrected chi connectivity index (χ1v) is 10.8. The van der Waals surface area contributed by atoms with Crippen LogP contribution in [0.4, 0.5) is 0 Å². The van der Waals surface area contributed by atoms with E-state index in [9.17, 15) is 21.6 Å². The second-order valence-electron chi connectivity index (χ2n) is 5.38. The molecule has 0 aromatic heterocycles. The average Bonchev–Trinajstić information content (AvgIpc) is 2.50. The van der Waals surface area contributed by atoms with Crippen molar-refractivity contribution in [2.45, 2.75) is 11.3 Å². The number of carbonyl (C=O) groups excluding carboxylic acids is 1. The number of nitrogens with two attached hydrogens (primary N) is 1. The first-order valence-electron chi connectivity index (χ1n) is 7.36. The molecule has 9 nitrogen and oxygen atoms in total. The van der Waals surface area contributed by atoms with Gasteiger partial charge in [0.05, 0.1) is 24.3 Å². The molecule has 0 fully saturated rings. The summed E-state index contributed by atoms with van der Waals surface area (Å²) in [5, 5.41) is 7.58. The third-order valence-electron chi connectivity index (χ3n) is 3.32. The molecule has 1 rings (SSSR count). The minimum Gasteiger partial charge on any atom is -0.383 e. The Kier molecular flexibility index (Phi) is 7.96. The van der Waals surface area contributed by atoms with Gasteiger partial charge < -0.3 is 10.1 Å². The predicted octanol–water partition coefficient (Wildman–Crippen LogP) is -1.10. The van der Waals surface area contributed by atoms with Crippen LogP contribution >= 0.6 is 0 Å². The van der Waals surface area contributed by atoms with Gasteiger partial charge in [-0.15, -0.1) is 0 Å². The fraction of sp³-hybridized carbons (Fsp3) is 0.500. The van der Waals surface area contributed by atoms with Gasteiger partial charge in [0, 0.05) is 20.2 Å². The topological polar surface area (TPSA) is 136 Å². The van der Waals surface area contributed by atoms with Crippen LogP contribution in [0.15, 0.2) is 29.2 Å². The van der Waals surface area contributed by atoms with E-state index in [1.165, 1.54) is 19.2 Å². The quantitative estimate of drug-likeness (QED) is 0.484. The summed E-state index contributed by atoms with van der Waals surface area (Å²) in [5.74, 6) is -0.424. The standard InChI is InChI=1S/C14H23N3O6S2/c1-23-10-8-16-14(18)11-17(24(2,19)20)9-7-12-3-5-13(6-4-12)25(15,21)22/h3-6H,7-11H2,1-2H3,(H,16,18)(H2,15,21,22). The number of primary sulfonamides is 1. The second-order valence-corrected chi connectivity index (χ2v) is 8.92. The normalized spacial score (nSPS) is 12.3. The summed E-state index contributed by atoms with van der Waals surface area (Å²) in [6.45, 7) is 0.423. The molecule has 0 atom stereocenters. The van der Waals surface area contributed by atoms with Crippen LogP contribution in [0.3, 0.4) is 0 Å². The van der Waals surface area contributed by atoms with Gasteiger partial charge in [0.25, 0.3) is 0 Å². The summed E-state index contributed by atoms with van der Waals surface area (Å²) in [4.78, 5) is 11.8. The molecule has 0 aliphatic carbocycles. The molecule has 1 amide bonds. The Bertz CT molecular complexity index is 775. The highest BCUT2D eigenvalue weighted by atomic mass is 32.2. The van der Waals surface area contributed by atoms with Crippen molar-refractivity contribution in [2.24, 2.45) is 5.14 Å². The Balaban J connectivity index is 2.69.